The molecule has 2 aliphatic carbocycles. The van der Waals surface area contributed by atoms with E-state index in [1.165, 1.54) is 58.3 Å². The molecular formula is C26H33N3O2. The SMILES string of the molecule is CC(=O)c1nc2ccccc2n(C2C[C@H]3CC[C@@H](C2)N3C2CC3CCCC(C3)C2)c1=O. The van der Waals surface area contributed by atoms with E-state index in [4.69, 9.17) is 0 Å². The summed E-state index contributed by atoms with van der Waals surface area (Å²) in [4.78, 5) is 32.8. The average molecular weight is 420 g/mol. The number of benzene rings is 1. The van der Waals surface area contributed by atoms with E-state index in [9.17, 15) is 9.59 Å². The molecule has 0 amide bonds. The minimum atomic E-state index is -0.237. The highest BCUT2D eigenvalue weighted by atomic mass is 16.1. The molecule has 4 fully saturated rings. The maximum atomic E-state index is 13.3. The first-order chi connectivity index (χ1) is 15.1. The molecule has 3 heterocycles. The third-order valence-corrected chi connectivity index (χ3v) is 8.78. The van der Waals surface area contributed by atoms with Gasteiger partial charge in [0.05, 0.1) is 11.0 Å². The van der Waals surface area contributed by atoms with Crippen LogP contribution < -0.4 is 5.56 Å². The van der Waals surface area contributed by atoms with Crippen molar-refractivity contribution in [3.05, 3.63) is 40.3 Å². The lowest BCUT2D eigenvalue weighted by molar-refractivity contribution is 0.00788. The molecule has 31 heavy (non-hydrogen) atoms. The highest BCUT2D eigenvalue weighted by molar-refractivity contribution is 5.93. The van der Waals surface area contributed by atoms with Gasteiger partial charge in [-0.25, -0.2) is 4.98 Å². The Morgan fingerprint density at radius 2 is 1.55 bits per heavy atom. The second kappa shape index (κ2) is 7.54. The number of hydrogen-bond acceptors (Lipinski definition) is 4. The average Bonchev–Trinajstić information content (AvgIpc) is 3.02. The maximum Gasteiger partial charge on any atom is 0.280 e. The van der Waals surface area contributed by atoms with E-state index in [1.807, 2.05) is 28.8 Å². The predicted molar refractivity (Wildman–Crippen MR) is 121 cm³/mol. The van der Waals surface area contributed by atoms with Crippen molar-refractivity contribution in [2.75, 3.05) is 0 Å². The van der Waals surface area contributed by atoms with E-state index in [0.29, 0.717) is 12.1 Å². The first kappa shape index (κ1) is 19.7. The summed E-state index contributed by atoms with van der Waals surface area (Å²) in [6.45, 7) is 1.45. The van der Waals surface area contributed by atoms with Crippen molar-refractivity contribution < 1.29 is 4.79 Å². The molecule has 2 saturated carbocycles. The second-order valence-electron chi connectivity index (χ2n) is 10.7. The summed E-state index contributed by atoms with van der Waals surface area (Å²) in [5, 5.41) is 0. The fourth-order valence-corrected chi connectivity index (χ4v) is 7.68. The molecule has 3 unspecified atom stereocenters. The van der Waals surface area contributed by atoms with Crippen molar-refractivity contribution >= 4 is 16.8 Å². The van der Waals surface area contributed by atoms with Gasteiger partial charge in [0.25, 0.3) is 5.56 Å². The summed E-state index contributed by atoms with van der Waals surface area (Å²) < 4.78 is 1.93. The third-order valence-electron chi connectivity index (χ3n) is 8.78. The largest absolute Gasteiger partial charge is 0.302 e. The molecule has 5 atom stereocenters. The van der Waals surface area contributed by atoms with Gasteiger partial charge in [0.15, 0.2) is 11.5 Å². The van der Waals surface area contributed by atoms with Gasteiger partial charge < -0.3 is 4.57 Å². The molecule has 1 aromatic carbocycles. The number of ketones is 1. The quantitative estimate of drug-likeness (QED) is 0.675. The van der Waals surface area contributed by atoms with Gasteiger partial charge in [-0.1, -0.05) is 31.4 Å². The smallest absolute Gasteiger partial charge is 0.280 e. The number of hydrogen-bond donors (Lipinski definition) is 0. The van der Waals surface area contributed by atoms with Gasteiger partial charge in [-0.05, 0) is 68.9 Å². The Hall–Kier alpha value is -2.01. The van der Waals surface area contributed by atoms with Crippen molar-refractivity contribution in [3.63, 3.8) is 0 Å². The summed E-state index contributed by atoms with van der Waals surface area (Å²) in [6.07, 6.45) is 13.1. The predicted octanol–water partition coefficient (Wildman–Crippen LogP) is 4.74. The molecule has 164 valence electrons. The van der Waals surface area contributed by atoms with E-state index in [1.54, 1.807) is 0 Å². The van der Waals surface area contributed by atoms with Gasteiger partial charge in [0.2, 0.25) is 0 Å². The Morgan fingerprint density at radius 3 is 2.23 bits per heavy atom. The lowest BCUT2D eigenvalue weighted by Crippen LogP contribution is -2.52. The fraction of sp³-hybridized carbons (Fsp3) is 0.654. The van der Waals surface area contributed by atoms with Gasteiger partial charge >= 0.3 is 0 Å². The molecule has 2 aliphatic heterocycles. The van der Waals surface area contributed by atoms with Crippen molar-refractivity contribution in [3.8, 4) is 0 Å². The molecule has 1 aromatic heterocycles. The molecule has 5 nitrogen and oxygen atoms in total. The lowest BCUT2D eigenvalue weighted by atomic mass is 9.69. The number of nitrogens with zero attached hydrogens (tertiary/aromatic N) is 3. The first-order valence-corrected chi connectivity index (χ1v) is 12.4. The van der Waals surface area contributed by atoms with Gasteiger partial charge in [0.1, 0.15) is 0 Å². The zero-order valence-electron chi connectivity index (χ0n) is 18.5. The Bertz CT molecular complexity index is 1050. The third kappa shape index (κ3) is 3.27. The summed E-state index contributed by atoms with van der Waals surface area (Å²) in [6, 6.07) is 9.88. The van der Waals surface area contributed by atoms with Crippen LogP contribution in [-0.2, 0) is 0 Å². The van der Waals surface area contributed by atoms with Crippen LogP contribution in [0.5, 0.6) is 0 Å². The molecule has 4 bridgehead atoms. The number of Topliss-reactive ketones (excluding diaryl/α,β-unsaturated/α-hetero) is 1. The highest BCUT2D eigenvalue weighted by Gasteiger charge is 2.47. The summed E-state index contributed by atoms with van der Waals surface area (Å²) >= 11 is 0. The van der Waals surface area contributed by atoms with Crippen molar-refractivity contribution in [1.82, 2.24) is 14.5 Å². The summed E-state index contributed by atoms with van der Waals surface area (Å²) in [5.41, 5.74) is 1.52. The zero-order valence-corrected chi connectivity index (χ0v) is 18.5. The number of rotatable bonds is 3. The van der Waals surface area contributed by atoms with Crippen LogP contribution in [0.15, 0.2) is 29.1 Å². The Balaban J connectivity index is 1.33. The fourth-order valence-electron chi connectivity index (χ4n) is 7.68. The Kier molecular flexibility index (Phi) is 4.78. The van der Waals surface area contributed by atoms with Gasteiger partial charge in [-0.15, -0.1) is 0 Å². The maximum absolute atomic E-state index is 13.3. The van der Waals surface area contributed by atoms with Crippen LogP contribution >= 0.6 is 0 Å². The second-order valence-corrected chi connectivity index (χ2v) is 10.7. The van der Waals surface area contributed by atoms with Crippen LogP contribution in [0.1, 0.15) is 87.7 Å². The van der Waals surface area contributed by atoms with Crippen molar-refractivity contribution in [2.24, 2.45) is 11.8 Å². The minimum absolute atomic E-state index is 0.0913. The van der Waals surface area contributed by atoms with Crippen molar-refractivity contribution in [1.29, 1.82) is 0 Å². The van der Waals surface area contributed by atoms with Crippen LogP contribution in [0.4, 0.5) is 0 Å². The normalized spacial score (nSPS) is 35.4. The van der Waals surface area contributed by atoms with Gasteiger partial charge in [-0.3, -0.25) is 14.5 Å². The number of piperidine rings is 1. The molecule has 0 N–H and O–H groups in total. The summed E-state index contributed by atoms with van der Waals surface area (Å²) in [5.74, 6) is 1.65. The highest BCUT2D eigenvalue weighted by Crippen LogP contribution is 2.48. The zero-order chi connectivity index (χ0) is 21.1. The van der Waals surface area contributed by atoms with E-state index >= 15 is 0 Å². The Labute approximate surface area is 183 Å². The van der Waals surface area contributed by atoms with E-state index in [0.717, 1.165) is 41.8 Å². The van der Waals surface area contributed by atoms with E-state index in [-0.39, 0.29) is 23.1 Å². The van der Waals surface area contributed by atoms with Gasteiger partial charge in [-0.2, -0.15) is 0 Å². The van der Waals surface area contributed by atoms with Crippen LogP contribution in [0.25, 0.3) is 11.0 Å². The molecule has 0 radical (unpaired) electrons. The topological polar surface area (TPSA) is 55.2 Å². The van der Waals surface area contributed by atoms with Crippen LogP contribution in [-0.4, -0.2) is 38.4 Å². The molecular weight excluding hydrogens is 386 g/mol. The van der Waals surface area contributed by atoms with E-state index < -0.39 is 0 Å². The molecule has 0 spiro atoms. The monoisotopic (exact) mass is 419 g/mol. The number of para-hydroxylation sites is 2. The molecule has 6 rings (SSSR count). The van der Waals surface area contributed by atoms with Crippen LogP contribution in [0.2, 0.25) is 0 Å². The van der Waals surface area contributed by atoms with Crippen LogP contribution in [0, 0.1) is 11.8 Å². The summed E-state index contributed by atoms with van der Waals surface area (Å²) in [7, 11) is 0. The number of aromatic nitrogens is 2. The molecule has 5 heteroatoms. The standard InChI is InChI=1S/C26H33N3O2/c1-16(30)25-26(31)29(24-8-3-2-7-23(24)27-25)22-14-19-9-10-20(15-22)28(19)21-12-17-5-4-6-18(11-17)13-21/h2-3,7-8,17-22H,4-6,9-15H2,1H3/t17?,18?,19-,20+,21?,22?. The van der Waals surface area contributed by atoms with E-state index in [2.05, 4.69) is 9.88 Å². The van der Waals surface area contributed by atoms with Gasteiger partial charge in [0, 0.05) is 31.1 Å². The molecule has 4 aliphatic rings. The molecule has 2 aromatic rings. The number of fused-ring (bicyclic) bond motifs is 5. The Morgan fingerprint density at radius 1 is 0.871 bits per heavy atom. The number of carbonyl (C=O) groups excluding carboxylic acids is 1. The lowest BCUT2D eigenvalue weighted by Gasteiger charge is -2.49. The minimum Gasteiger partial charge on any atom is -0.302 e. The van der Waals surface area contributed by atoms with Crippen LogP contribution in [0.3, 0.4) is 0 Å². The molecule has 2 saturated heterocycles. The van der Waals surface area contributed by atoms with Crippen molar-refractivity contribution in [2.45, 2.75) is 95.3 Å². The number of carbonyl (C=O) groups is 1. The first-order valence-electron chi connectivity index (χ1n) is 12.4.